The fourth-order valence-electron chi connectivity index (χ4n) is 2.27. The zero-order chi connectivity index (χ0) is 20.5. The van der Waals surface area contributed by atoms with Gasteiger partial charge in [0.1, 0.15) is 11.2 Å². The fraction of sp³-hybridized carbons (Fsp3) is 0.125. The summed E-state index contributed by atoms with van der Waals surface area (Å²) < 4.78 is 27.3. The van der Waals surface area contributed by atoms with Gasteiger partial charge in [-0.05, 0) is 46.8 Å². The van der Waals surface area contributed by atoms with Gasteiger partial charge in [-0.25, -0.2) is 17.4 Å². The van der Waals surface area contributed by atoms with Crippen molar-refractivity contribution in [1.82, 2.24) is 24.5 Å². The molecule has 146 valence electrons. The van der Waals surface area contributed by atoms with Crippen LogP contribution < -0.4 is 5.32 Å². The molecule has 1 amide bonds. The third kappa shape index (κ3) is 3.99. The Hall–Kier alpha value is -2.53. The van der Waals surface area contributed by atoms with Crippen molar-refractivity contribution in [2.45, 2.75) is 4.90 Å². The van der Waals surface area contributed by atoms with Gasteiger partial charge >= 0.3 is 0 Å². The second-order valence-corrected chi connectivity index (χ2v) is 8.74. The minimum absolute atomic E-state index is 0.0176. The number of aromatic nitrogens is 4. The summed E-state index contributed by atoms with van der Waals surface area (Å²) in [6, 6.07) is 9.10. The van der Waals surface area contributed by atoms with Gasteiger partial charge in [0.25, 0.3) is 5.91 Å². The summed E-state index contributed by atoms with van der Waals surface area (Å²) in [5.74, 6) is -0.577. The molecule has 3 aromatic rings. The summed E-state index contributed by atoms with van der Waals surface area (Å²) in [4.78, 5) is 12.4. The quantitative estimate of drug-likeness (QED) is 0.652. The topological polar surface area (TPSA) is 110 Å². The molecule has 0 spiro atoms. The van der Waals surface area contributed by atoms with Crippen LogP contribution in [0.3, 0.4) is 0 Å². The van der Waals surface area contributed by atoms with Gasteiger partial charge in [-0.3, -0.25) is 4.79 Å². The molecule has 1 N–H and O–H groups in total. The minimum Gasteiger partial charge on any atom is -0.322 e. The normalized spacial score (nSPS) is 11.6. The molecule has 0 saturated carbocycles. The van der Waals surface area contributed by atoms with E-state index in [2.05, 4.69) is 20.8 Å². The van der Waals surface area contributed by atoms with Crippen molar-refractivity contribution in [3.05, 3.63) is 58.3 Å². The number of hydrogen-bond acceptors (Lipinski definition) is 6. The van der Waals surface area contributed by atoms with Gasteiger partial charge in [-0.1, -0.05) is 23.2 Å². The Labute approximate surface area is 170 Å². The molecule has 0 aliphatic heterocycles. The number of tetrazole rings is 1. The number of sulfonamides is 1. The molecule has 12 heteroatoms. The highest BCUT2D eigenvalue weighted by Crippen LogP contribution is 2.30. The number of halogens is 2. The molecule has 0 atom stereocenters. The summed E-state index contributed by atoms with van der Waals surface area (Å²) in [6.45, 7) is 0. The van der Waals surface area contributed by atoms with Gasteiger partial charge in [0, 0.05) is 19.8 Å². The Morgan fingerprint density at radius 1 is 1.11 bits per heavy atom. The average molecular weight is 441 g/mol. The third-order valence-electron chi connectivity index (χ3n) is 3.76. The van der Waals surface area contributed by atoms with Crippen molar-refractivity contribution in [3.8, 4) is 5.69 Å². The van der Waals surface area contributed by atoms with E-state index in [1.807, 2.05) is 0 Å². The van der Waals surface area contributed by atoms with Crippen molar-refractivity contribution >= 4 is 44.8 Å². The van der Waals surface area contributed by atoms with Crippen molar-refractivity contribution in [1.29, 1.82) is 0 Å². The van der Waals surface area contributed by atoms with Crippen molar-refractivity contribution in [2.24, 2.45) is 0 Å². The number of nitrogens with zero attached hydrogens (tertiary/aromatic N) is 5. The van der Waals surface area contributed by atoms with Gasteiger partial charge in [0.2, 0.25) is 10.0 Å². The maximum atomic E-state index is 12.6. The Kier molecular flexibility index (Phi) is 5.66. The number of hydrogen-bond donors (Lipinski definition) is 1. The number of carbonyl (C=O) groups is 1. The Morgan fingerprint density at radius 3 is 2.36 bits per heavy atom. The van der Waals surface area contributed by atoms with Gasteiger partial charge in [0.15, 0.2) is 0 Å². The Bertz CT molecular complexity index is 1120. The van der Waals surface area contributed by atoms with Gasteiger partial charge in [-0.15, -0.1) is 5.10 Å². The van der Waals surface area contributed by atoms with Gasteiger partial charge < -0.3 is 5.32 Å². The van der Waals surface area contributed by atoms with Crippen LogP contribution in [0, 0.1) is 0 Å². The van der Waals surface area contributed by atoms with Crippen LogP contribution in [-0.2, 0) is 10.0 Å². The highest BCUT2D eigenvalue weighted by atomic mass is 35.5. The highest BCUT2D eigenvalue weighted by Gasteiger charge is 2.24. The number of rotatable bonds is 5. The SMILES string of the molecule is CN(C)S(=O)(=O)c1cc(C(=O)Nc2ccc(-n3cnnn3)cc2)c(Cl)cc1Cl. The van der Waals surface area contributed by atoms with Crippen LogP contribution in [0.5, 0.6) is 0 Å². The molecule has 1 aromatic heterocycles. The van der Waals surface area contributed by atoms with Crippen LogP contribution in [0.4, 0.5) is 5.69 Å². The first kappa shape index (κ1) is 20.2. The molecule has 28 heavy (non-hydrogen) atoms. The molecule has 2 aromatic carbocycles. The molecule has 0 saturated heterocycles. The summed E-state index contributed by atoms with van der Waals surface area (Å²) in [7, 11) is -1.11. The monoisotopic (exact) mass is 440 g/mol. The lowest BCUT2D eigenvalue weighted by molar-refractivity contribution is 0.102. The Morgan fingerprint density at radius 2 is 1.79 bits per heavy atom. The van der Waals surface area contributed by atoms with E-state index in [-0.39, 0.29) is 20.5 Å². The fourth-order valence-corrected chi connectivity index (χ4v) is 4.00. The smallest absolute Gasteiger partial charge is 0.257 e. The van der Waals surface area contributed by atoms with E-state index in [1.165, 1.54) is 31.2 Å². The second-order valence-electron chi connectivity index (χ2n) is 5.81. The minimum atomic E-state index is -3.84. The molecule has 0 aliphatic rings. The van der Waals surface area contributed by atoms with Crippen molar-refractivity contribution in [2.75, 3.05) is 19.4 Å². The first-order valence-corrected chi connectivity index (χ1v) is 9.96. The summed E-state index contributed by atoms with van der Waals surface area (Å²) in [5.41, 5.74) is 1.16. The lowest BCUT2D eigenvalue weighted by Gasteiger charge is -2.15. The number of carbonyl (C=O) groups excluding carboxylic acids is 1. The highest BCUT2D eigenvalue weighted by molar-refractivity contribution is 7.89. The zero-order valence-electron chi connectivity index (χ0n) is 14.7. The molecule has 0 radical (unpaired) electrons. The van der Waals surface area contributed by atoms with E-state index in [4.69, 9.17) is 23.2 Å². The van der Waals surface area contributed by atoms with Crippen LogP contribution in [0.2, 0.25) is 10.0 Å². The van der Waals surface area contributed by atoms with Crippen LogP contribution in [0.25, 0.3) is 5.69 Å². The molecule has 0 bridgehead atoms. The van der Waals surface area contributed by atoms with Crippen molar-refractivity contribution in [3.63, 3.8) is 0 Å². The van der Waals surface area contributed by atoms with E-state index < -0.39 is 15.9 Å². The lowest BCUT2D eigenvalue weighted by Crippen LogP contribution is -2.23. The Balaban J connectivity index is 1.88. The van der Waals surface area contributed by atoms with Crippen molar-refractivity contribution < 1.29 is 13.2 Å². The first-order chi connectivity index (χ1) is 13.2. The summed E-state index contributed by atoms with van der Waals surface area (Å²) >= 11 is 12.1. The molecule has 0 unspecified atom stereocenters. The second kappa shape index (κ2) is 7.84. The van der Waals surface area contributed by atoms with E-state index in [9.17, 15) is 13.2 Å². The average Bonchev–Trinajstić information content (AvgIpc) is 3.16. The number of nitrogens with one attached hydrogen (secondary N) is 1. The molecular formula is C16H14Cl2N6O3S. The summed E-state index contributed by atoms with van der Waals surface area (Å²) in [5, 5.41) is 13.5. The van der Waals surface area contributed by atoms with E-state index >= 15 is 0 Å². The van der Waals surface area contributed by atoms with Crippen LogP contribution in [0.15, 0.2) is 47.6 Å². The predicted molar refractivity (Wildman–Crippen MR) is 104 cm³/mol. The number of amides is 1. The molecule has 3 rings (SSSR count). The van der Waals surface area contributed by atoms with E-state index in [0.29, 0.717) is 11.4 Å². The lowest BCUT2D eigenvalue weighted by atomic mass is 10.2. The standard InChI is InChI=1S/C16H14Cl2N6O3S/c1-23(2)28(26,27)15-7-12(13(17)8-14(15)18)16(25)20-10-3-5-11(6-4-10)24-9-19-21-22-24/h3-9H,1-2H3,(H,20,25). The maximum absolute atomic E-state index is 12.6. The van der Waals surface area contributed by atoms with E-state index in [1.54, 1.807) is 24.3 Å². The zero-order valence-corrected chi connectivity index (χ0v) is 17.0. The van der Waals surface area contributed by atoms with Crippen LogP contribution in [-0.4, -0.2) is 52.9 Å². The first-order valence-electron chi connectivity index (χ1n) is 7.76. The van der Waals surface area contributed by atoms with Crippen LogP contribution in [0.1, 0.15) is 10.4 Å². The van der Waals surface area contributed by atoms with Crippen LogP contribution >= 0.6 is 23.2 Å². The van der Waals surface area contributed by atoms with E-state index in [0.717, 1.165) is 10.4 Å². The number of anilines is 1. The molecular weight excluding hydrogens is 427 g/mol. The summed E-state index contributed by atoms with van der Waals surface area (Å²) in [6.07, 6.45) is 1.44. The van der Waals surface area contributed by atoms with Gasteiger partial charge in [0.05, 0.1) is 21.3 Å². The predicted octanol–water partition coefficient (Wildman–Crippen LogP) is 2.47. The maximum Gasteiger partial charge on any atom is 0.257 e. The van der Waals surface area contributed by atoms with Gasteiger partial charge in [-0.2, -0.15) is 0 Å². The molecule has 0 fully saturated rings. The number of benzene rings is 2. The molecule has 9 nitrogen and oxygen atoms in total. The molecule has 1 heterocycles. The molecule has 0 aliphatic carbocycles. The largest absolute Gasteiger partial charge is 0.322 e. The third-order valence-corrected chi connectivity index (χ3v) is 6.36.